The van der Waals surface area contributed by atoms with Gasteiger partial charge in [-0.25, -0.2) is 12.8 Å². The third kappa shape index (κ3) is 3.62. The maximum absolute atomic E-state index is 13.7. The molecule has 0 aliphatic carbocycles. The summed E-state index contributed by atoms with van der Waals surface area (Å²) in [5.74, 6) is -1.55. The van der Waals surface area contributed by atoms with Gasteiger partial charge in [0, 0.05) is 23.3 Å². The molecule has 1 aromatic carbocycles. The van der Waals surface area contributed by atoms with Crippen LogP contribution < -0.4 is 0 Å². The fourth-order valence-electron chi connectivity index (χ4n) is 1.76. The van der Waals surface area contributed by atoms with Gasteiger partial charge in [0.1, 0.15) is 5.82 Å². The van der Waals surface area contributed by atoms with E-state index in [1.807, 2.05) is 0 Å². The van der Waals surface area contributed by atoms with Crippen LogP contribution in [-0.4, -0.2) is 31.8 Å². The quantitative estimate of drug-likeness (QED) is 0.789. The minimum atomic E-state index is -4.15. The summed E-state index contributed by atoms with van der Waals surface area (Å²) in [5, 5.41) is -0.418. The van der Waals surface area contributed by atoms with Gasteiger partial charge in [-0.15, -0.1) is 0 Å². The van der Waals surface area contributed by atoms with Crippen LogP contribution in [-0.2, 0) is 9.05 Å². The van der Waals surface area contributed by atoms with E-state index in [9.17, 15) is 17.6 Å². The summed E-state index contributed by atoms with van der Waals surface area (Å²) in [6, 6.07) is 1.54. The molecule has 0 aliphatic heterocycles. The van der Waals surface area contributed by atoms with Crippen molar-refractivity contribution in [2.45, 2.75) is 31.7 Å². The number of nitrogens with zero attached hydrogens (tertiary/aromatic N) is 1. The Morgan fingerprint density at radius 2 is 1.95 bits per heavy atom. The zero-order chi connectivity index (χ0) is 15.7. The lowest BCUT2D eigenvalue weighted by molar-refractivity contribution is 0.0716. The fourth-order valence-corrected chi connectivity index (χ4v) is 2.72. The molecule has 0 aromatic heterocycles. The summed E-state index contributed by atoms with van der Waals surface area (Å²) in [5.41, 5.74) is -0.221. The monoisotopic (exact) mass is 341 g/mol. The number of carbonyl (C=O) groups excluding carboxylic acids is 1. The summed E-state index contributed by atoms with van der Waals surface area (Å²) >= 11 is 5.76. The first-order chi connectivity index (χ1) is 9.09. The summed E-state index contributed by atoms with van der Waals surface area (Å²) in [6.07, 6.45) is 0. The van der Waals surface area contributed by atoms with Gasteiger partial charge in [0.25, 0.3) is 15.0 Å². The summed E-state index contributed by atoms with van der Waals surface area (Å²) in [4.78, 5) is 13.2. The molecule has 0 saturated carbocycles. The molecule has 1 aromatic rings. The highest BCUT2D eigenvalue weighted by atomic mass is 35.7. The molecule has 0 heterocycles. The SMILES string of the molecule is CCN(C(=O)c1cc(S(=O)(=O)Cl)cc(F)c1Cl)C(C)C. The number of amides is 1. The van der Waals surface area contributed by atoms with Crippen molar-refractivity contribution in [3.8, 4) is 0 Å². The van der Waals surface area contributed by atoms with Crippen LogP contribution in [0.4, 0.5) is 4.39 Å². The van der Waals surface area contributed by atoms with Crippen molar-refractivity contribution < 1.29 is 17.6 Å². The zero-order valence-electron chi connectivity index (χ0n) is 11.2. The Morgan fingerprint density at radius 1 is 1.40 bits per heavy atom. The van der Waals surface area contributed by atoms with Crippen molar-refractivity contribution in [2.24, 2.45) is 0 Å². The van der Waals surface area contributed by atoms with Crippen molar-refractivity contribution in [1.29, 1.82) is 0 Å². The number of hydrogen-bond donors (Lipinski definition) is 0. The van der Waals surface area contributed by atoms with Gasteiger partial charge in [0.15, 0.2) is 0 Å². The van der Waals surface area contributed by atoms with E-state index in [1.54, 1.807) is 20.8 Å². The first-order valence-corrected chi connectivity index (χ1v) is 8.53. The summed E-state index contributed by atoms with van der Waals surface area (Å²) in [7, 11) is 1.03. The first-order valence-electron chi connectivity index (χ1n) is 5.84. The van der Waals surface area contributed by atoms with Crippen molar-refractivity contribution in [3.63, 3.8) is 0 Å². The highest BCUT2D eigenvalue weighted by Crippen LogP contribution is 2.27. The Labute approximate surface area is 126 Å². The van der Waals surface area contributed by atoms with Crippen LogP contribution in [0.25, 0.3) is 0 Å². The lowest BCUT2D eigenvalue weighted by Crippen LogP contribution is -2.37. The third-order valence-electron chi connectivity index (χ3n) is 2.74. The zero-order valence-corrected chi connectivity index (χ0v) is 13.5. The van der Waals surface area contributed by atoms with Crippen LogP contribution in [0.3, 0.4) is 0 Å². The van der Waals surface area contributed by atoms with E-state index in [0.717, 1.165) is 6.07 Å². The minimum absolute atomic E-state index is 0.136. The molecule has 0 radical (unpaired) electrons. The Hall–Kier alpha value is -0.850. The number of halogens is 3. The number of rotatable bonds is 4. The topological polar surface area (TPSA) is 54.5 Å². The molecule has 0 aliphatic rings. The van der Waals surface area contributed by atoms with Gasteiger partial charge in [-0.2, -0.15) is 0 Å². The van der Waals surface area contributed by atoms with Gasteiger partial charge in [-0.05, 0) is 32.9 Å². The highest BCUT2D eigenvalue weighted by molar-refractivity contribution is 8.13. The molecule has 1 rings (SSSR count). The van der Waals surface area contributed by atoms with E-state index in [-0.39, 0.29) is 11.6 Å². The smallest absolute Gasteiger partial charge is 0.261 e. The number of benzene rings is 1. The molecule has 4 nitrogen and oxygen atoms in total. The summed E-state index contributed by atoms with van der Waals surface area (Å²) < 4.78 is 36.2. The predicted octanol–water partition coefficient (Wildman–Crippen LogP) is 3.28. The van der Waals surface area contributed by atoms with E-state index in [0.29, 0.717) is 12.6 Å². The van der Waals surface area contributed by atoms with Gasteiger partial charge in [-0.3, -0.25) is 4.79 Å². The second kappa shape index (κ2) is 6.28. The van der Waals surface area contributed by atoms with Gasteiger partial charge in [0.2, 0.25) is 0 Å². The Bertz CT molecular complexity index is 632. The predicted molar refractivity (Wildman–Crippen MR) is 76.3 cm³/mol. The van der Waals surface area contributed by atoms with Crippen molar-refractivity contribution in [3.05, 3.63) is 28.5 Å². The van der Waals surface area contributed by atoms with Crippen molar-refractivity contribution in [1.82, 2.24) is 4.90 Å². The van der Waals surface area contributed by atoms with Crippen LogP contribution in [0.5, 0.6) is 0 Å². The average molecular weight is 342 g/mol. The molecule has 1 amide bonds. The molecule has 0 bridgehead atoms. The van der Waals surface area contributed by atoms with E-state index in [2.05, 4.69) is 0 Å². The molecule has 0 unspecified atom stereocenters. The van der Waals surface area contributed by atoms with Crippen LogP contribution >= 0.6 is 22.3 Å². The van der Waals surface area contributed by atoms with Gasteiger partial charge < -0.3 is 4.90 Å². The van der Waals surface area contributed by atoms with Crippen LogP contribution in [0, 0.1) is 5.82 Å². The molecule has 0 saturated heterocycles. The van der Waals surface area contributed by atoms with Crippen LogP contribution in [0.15, 0.2) is 17.0 Å². The van der Waals surface area contributed by atoms with E-state index in [1.165, 1.54) is 4.90 Å². The fraction of sp³-hybridized carbons (Fsp3) is 0.417. The third-order valence-corrected chi connectivity index (χ3v) is 4.46. The van der Waals surface area contributed by atoms with Crippen LogP contribution in [0.2, 0.25) is 5.02 Å². The molecule has 0 spiro atoms. The Kier molecular flexibility index (Phi) is 5.40. The highest BCUT2D eigenvalue weighted by Gasteiger charge is 2.24. The molecular weight excluding hydrogens is 328 g/mol. The maximum Gasteiger partial charge on any atom is 0.261 e. The lowest BCUT2D eigenvalue weighted by atomic mass is 10.1. The van der Waals surface area contributed by atoms with Crippen LogP contribution in [0.1, 0.15) is 31.1 Å². The molecular formula is C12H14Cl2FNO3S. The average Bonchev–Trinajstić information content (AvgIpc) is 2.31. The molecule has 0 atom stereocenters. The van der Waals surface area contributed by atoms with E-state index < -0.39 is 30.7 Å². The first kappa shape index (κ1) is 17.2. The van der Waals surface area contributed by atoms with E-state index in [4.69, 9.17) is 22.3 Å². The van der Waals surface area contributed by atoms with Gasteiger partial charge >= 0.3 is 0 Å². The molecule has 0 fully saturated rings. The standard InChI is InChI=1S/C12H14Cl2FNO3S/c1-4-16(7(2)3)12(17)9-5-8(20(14,18)19)6-10(15)11(9)13/h5-7H,4H2,1-3H3. The number of hydrogen-bond acceptors (Lipinski definition) is 3. The summed E-state index contributed by atoms with van der Waals surface area (Å²) in [6.45, 7) is 5.71. The molecule has 0 N–H and O–H groups in total. The second-order valence-electron chi connectivity index (χ2n) is 4.39. The normalized spacial score (nSPS) is 11.8. The molecule has 112 valence electrons. The van der Waals surface area contributed by atoms with Gasteiger partial charge in [0.05, 0.1) is 15.5 Å². The number of carbonyl (C=O) groups is 1. The molecule has 20 heavy (non-hydrogen) atoms. The Balaban J connectivity index is 3.45. The largest absolute Gasteiger partial charge is 0.336 e. The molecule has 8 heteroatoms. The Morgan fingerprint density at radius 3 is 2.35 bits per heavy atom. The second-order valence-corrected chi connectivity index (χ2v) is 7.33. The van der Waals surface area contributed by atoms with Gasteiger partial charge in [-0.1, -0.05) is 11.6 Å². The maximum atomic E-state index is 13.7. The minimum Gasteiger partial charge on any atom is -0.336 e. The lowest BCUT2D eigenvalue weighted by Gasteiger charge is -2.25. The van der Waals surface area contributed by atoms with E-state index >= 15 is 0 Å². The van der Waals surface area contributed by atoms with Crippen molar-refractivity contribution in [2.75, 3.05) is 6.54 Å². The van der Waals surface area contributed by atoms with Crippen molar-refractivity contribution >= 4 is 37.2 Å².